The SMILES string of the molecule is CCOc1cc(/C=C2\SC(=N)[C@@H](c3nnc(CC)s3)C2=O)ccc1OCC(=O)O. The Kier molecular flexibility index (Phi) is 6.65. The number of aryl methyl sites for hydroxylation is 1. The lowest BCUT2D eigenvalue weighted by molar-refractivity contribution is -0.139. The van der Waals surface area contributed by atoms with Crippen LogP contribution in [0.2, 0.25) is 0 Å². The van der Waals surface area contributed by atoms with Gasteiger partial charge in [0, 0.05) is 0 Å². The van der Waals surface area contributed by atoms with Gasteiger partial charge >= 0.3 is 5.97 Å². The standard InChI is InChI=1S/C19H19N3O5S2/c1-3-14-21-22-19(29-14)16-17(25)13(28-18(16)20)8-10-5-6-11(27-9-15(23)24)12(7-10)26-4-2/h5-8,16,20H,3-4,9H2,1-2H3,(H,23,24)/b13-8-,20-18?/t16-/m0/s1. The minimum atomic E-state index is -1.08. The number of carboxylic acids is 1. The van der Waals surface area contributed by atoms with E-state index in [0.29, 0.717) is 33.6 Å². The number of thioether (sulfide) groups is 1. The summed E-state index contributed by atoms with van der Waals surface area (Å²) in [5, 5.41) is 26.7. The molecule has 1 aliphatic heterocycles. The number of carbonyl (C=O) groups excluding carboxylic acids is 1. The zero-order chi connectivity index (χ0) is 21.0. The van der Waals surface area contributed by atoms with E-state index in [-0.39, 0.29) is 10.8 Å². The highest BCUT2D eigenvalue weighted by Crippen LogP contribution is 2.42. The number of aromatic nitrogens is 2. The van der Waals surface area contributed by atoms with Crippen LogP contribution in [0.4, 0.5) is 0 Å². The minimum absolute atomic E-state index is 0.178. The molecule has 0 spiro atoms. The highest BCUT2D eigenvalue weighted by Gasteiger charge is 2.39. The van der Waals surface area contributed by atoms with Crippen molar-refractivity contribution in [1.82, 2.24) is 10.2 Å². The van der Waals surface area contributed by atoms with Crippen molar-refractivity contribution in [3.63, 3.8) is 0 Å². The number of hydrogen-bond donors (Lipinski definition) is 2. The van der Waals surface area contributed by atoms with Crippen LogP contribution in [0.5, 0.6) is 11.5 Å². The van der Waals surface area contributed by atoms with E-state index in [1.807, 2.05) is 6.92 Å². The molecule has 1 atom stereocenters. The second-order valence-corrected chi connectivity index (χ2v) is 8.16. The van der Waals surface area contributed by atoms with Crippen LogP contribution in [-0.4, -0.2) is 45.3 Å². The number of allylic oxidation sites excluding steroid dienone is 1. The number of carboxylic acid groups (broad SMARTS) is 1. The summed E-state index contributed by atoms with van der Waals surface area (Å²) < 4.78 is 10.8. The van der Waals surface area contributed by atoms with Gasteiger partial charge in [-0.1, -0.05) is 24.8 Å². The molecule has 152 valence electrons. The molecular weight excluding hydrogens is 414 g/mol. The number of hydrogen-bond acceptors (Lipinski definition) is 9. The van der Waals surface area contributed by atoms with Gasteiger partial charge in [-0.3, -0.25) is 10.2 Å². The highest BCUT2D eigenvalue weighted by molar-refractivity contribution is 8.19. The Bertz CT molecular complexity index is 986. The summed E-state index contributed by atoms with van der Waals surface area (Å²) in [7, 11) is 0. The molecule has 0 amide bonds. The van der Waals surface area contributed by atoms with Crippen LogP contribution in [0, 0.1) is 5.41 Å². The van der Waals surface area contributed by atoms with Gasteiger partial charge in [0.15, 0.2) is 23.9 Å². The van der Waals surface area contributed by atoms with Crippen LogP contribution < -0.4 is 9.47 Å². The van der Waals surface area contributed by atoms with E-state index in [0.717, 1.165) is 23.2 Å². The summed E-state index contributed by atoms with van der Waals surface area (Å²) in [6, 6.07) is 4.99. The molecule has 0 aliphatic carbocycles. The quantitative estimate of drug-likeness (QED) is 0.608. The summed E-state index contributed by atoms with van der Waals surface area (Å²) in [4.78, 5) is 24.0. The van der Waals surface area contributed by atoms with Gasteiger partial charge in [0.1, 0.15) is 15.9 Å². The number of ether oxygens (including phenoxy) is 2. The first-order valence-corrected chi connectivity index (χ1v) is 10.5. The molecule has 0 saturated carbocycles. The summed E-state index contributed by atoms with van der Waals surface area (Å²) in [6.45, 7) is 3.67. The number of carbonyl (C=O) groups is 2. The molecule has 0 bridgehead atoms. The fraction of sp³-hybridized carbons (Fsp3) is 0.316. The predicted molar refractivity (Wildman–Crippen MR) is 111 cm³/mol. The van der Waals surface area contributed by atoms with Gasteiger partial charge in [-0.25, -0.2) is 4.79 Å². The van der Waals surface area contributed by atoms with Crippen molar-refractivity contribution in [3.8, 4) is 11.5 Å². The number of nitrogens with zero attached hydrogens (tertiary/aromatic N) is 2. The first kappa shape index (κ1) is 21.0. The van der Waals surface area contributed by atoms with Gasteiger partial charge in [-0.2, -0.15) is 0 Å². The van der Waals surface area contributed by atoms with Gasteiger partial charge in [0.05, 0.1) is 16.6 Å². The van der Waals surface area contributed by atoms with E-state index in [1.54, 1.807) is 31.2 Å². The second-order valence-electron chi connectivity index (χ2n) is 5.98. The molecule has 3 rings (SSSR count). The summed E-state index contributed by atoms with van der Waals surface area (Å²) in [5.74, 6) is -1.26. The molecule has 8 nitrogen and oxygen atoms in total. The van der Waals surface area contributed by atoms with Crippen molar-refractivity contribution in [2.45, 2.75) is 26.2 Å². The fourth-order valence-electron chi connectivity index (χ4n) is 2.63. The third-order valence-electron chi connectivity index (χ3n) is 3.94. The lowest BCUT2D eigenvalue weighted by Gasteiger charge is -2.11. The molecule has 2 aromatic rings. The molecule has 2 heterocycles. The third kappa shape index (κ3) is 4.83. The van der Waals surface area contributed by atoms with Crippen molar-refractivity contribution in [2.24, 2.45) is 0 Å². The molecular formula is C19H19N3O5S2. The Morgan fingerprint density at radius 2 is 2.07 bits per heavy atom. The van der Waals surface area contributed by atoms with Gasteiger partial charge in [-0.05, 0) is 37.1 Å². The van der Waals surface area contributed by atoms with Crippen LogP contribution in [0.3, 0.4) is 0 Å². The largest absolute Gasteiger partial charge is 0.490 e. The number of Topliss-reactive ketones (excluding diaryl/α,β-unsaturated/α-hetero) is 1. The number of ketones is 1. The smallest absolute Gasteiger partial charge is 0.341 e. The van der Waals surface area contributed by atoms with Gasteiger partial charge < -0.3 is 14.6 Å². The Hall–Kier alpha value is -2.72. The average Bonchev–Trinajstić information content (AvgIpc) is 3.25. The van der Waals surface area contributed by atoms with Crippen molar-refractivity contribution in [3.05, 3.63) is 38.7 Å². The molecule has 1 saturated heterocycles. The van der Waals surface area contributed by atoms with Crippen molar-refractivity contribution in [2.75, 3.05) is 13.2 Å². The maximum Gasteiger partial charge on any atom is 0.341 e. The van der Waals surface area contributed by atoms with E-state index < -0.39 is 18.5 Å². The maximum atomic E-state index is 12.9. The van der Waals surface area contributed by atoms with Gasteiger partial charge in [0.25, 0.3) is 0 Å². The van der Waals surface area contributed by atoms with Crippen molar-refractivity contribution < 1.29 is 24.2 Å². The fourth-order valence-corrected chi connectivity index (χ4v) is 4.59. The maximum absolute atomic E-state index is 12.9. The first-order chi connectivity index (χ1) is 13.9. The molecule has 0 radical (unpaired) electrons. The van der Waals surface area contributed by atoms with E-state index in [9.17, 15) is 9.59 Å². The van der Waals surface area contributed by atoms with Crippen LogP contribution in [0.1, 0.15) is 35.3 Å². The Labute approximate surface area is 175 Å². The van der Waals surface area contributed by atoms with Crippen LogP contribution in [-0.2, 0) is 16.0 Å². The molecule has 1 fully saturated rings. The van der Waals surface area contributed by atoms with Crippen molar-refractivity contribution >= 4 is 46.0 Å². The Morgan fingerprint density at radius 3 is 2.72 bits per heavy atom. The lowest BCUT2D eigenvalue weighted by Crippen LogP contribution is -2.11. The van der Waals surface area contributed by atoms with E-state index >= 15 is 0 Å². The number of rotatable bonds is 8. The molecule has 0 unspecified atom stereocenters. The number of nitrogens with one attached hydrogen (secondary N) is 1. The van der Waals surface area contributed by atoms with Gasteiger partial charge in [-0.15, -0.1) is 21.5 Å². The second kappa shape index (κ2) is 9.19. The predicted octanol–water partition coefficient (Wildman–Crippen LogP) is 3.38. The molecule has 1 aromatic heterocycles. The van der Waals surface area contributed by atoms with E-state index in [4.69, 9.17) is 20.0 Å². The molecule has 29 heavy (non-hydrogen) atoms. The zero-order valence-corrected chi connectivity index (χ0v) is 17.4. The third-order valence-corrected chi connectivity index (χ3v) is 6.06. The summed E-state index contributed by atoms with van der Waals surface area (Å²) in [5.41, 5.74) is 0.687. The zero-order valence-electron chi connectivity index (χ0n) is 15.8. The topological polar surface area (TPSA) is 122 Å². The summed E-state index contributed by atoms with van der Waals surface area (Å²) in [6.07, 6.45) is 2.42. The molecule has 1 aliphatic rings. The Balaban J connectivity index is 1.85. The lowest BCUT2D eigenvalue weighted by atomic mass is 10.1. The molecule has 2 N–H and O–H groups in total. The van der Waals surface area contributed by atoms with Crippen molar-refractivity contribution in [1.29, 1.82) is 5.41 Å². The highest BCUT2D eigenvalue weighted by atomic mass is 32.2. The Morgan fingerprint density at radius 1 is 1.28 bits per heavy atom. The van der Waals surface area contributed by atoms with Crippen LogP contribution in [0.25, 0.3) is 6.08 Å². The minimum Gasteiger partial charge on any atom is -0.490 e. The van der Waals surface area contributed by atoms with E-state index in [2.05, 4.69) is 10.2 Å². The van der Waals surface area contributed by atoms with Gasteiger partial charge in [0.2, 0.25) is 0 Å². The number of benzene rings is 1. The van der Waals surface area contributed by atoms with Crippen LogP contribution >= 0.6 is 23.1 Å². The molecule has 10 heteroatoms. The van der Waals surface area contributed by atoms with E-state index in [1.165, 1.54) is 11.3 Å². The average molecular weight is 434 g/mol. The van der Waals surface area contributed by atoms with Crippen LogP contribution in [0.15, 0.2) is 23.1 Å². The summed E-state index contributed by atoms with van der Waals surface area (Å²) >= 11 is 2.47. The molecule has 1 aromatic carbocycles. The normalized spacial score (nSPS) is 17.7. The number of aliphatic carboxylic acids is 1. The first-order valence-electron chi connectivity index (χ1n) is 8.88. The monoisotopic (exact) mass is 433 g/mol.